The first kappa shape index (κ1) is 9.86. The van der Waals surface area contributed by atoms with Crippen LogP contribution in [0.2, 0.25) is 0 Å². The first-order valence-corrected chi connectivity index (χ1v) is 5.45. The Bertz CT molecular complexity index is 481. The van der Waals surface area contributed by atoms with E-state index in [1.165, 1.54) is 17.4 Å². The Morgan fingerprint density at radius 1 is 1.43 bits per heavy atom. The Labute approximate surface area is 91.1 Å². The normalized spacial score (nSPS) is 11.4. The van der Waals surface area contributed by atoms with Crippen LogP contribution in [0.5, 0.6) is 5.75 Å². The van der Waals surface area contributed by atoms with Crippen molar-refractivity contribution < 1.29 is 13.9 Å². The molecule has 0 unspecified atom stereocenters. The van der Waals surface area contributed by atoms with Crippen molar-refractivity contribution in [3.8, 4) is 5.75 Å². The number of phenolic OH excluding ortho intramolecular Hbond substituents is 1. The topological polar surface area (TPSA) is 20.2 Å². The summed E-state index contributed by atoms with van der Waals surface area (Å²) in [6, 6.07) is 2.89. The quantitative estimate of drug-likeness (QED) is 0.824. The molecule has 0 fully saturated rings. The summed E-state index contributed by atoms with van der Waals surface area (Å²) in [5.74, 6) is -0.320. The monoisotopic (exact) mass is 278 g/mol. The molecule has 1 heterocycles. The van der Waals surface area contributed by atoms with E-state index in [0.29, 0.717) is 9.86 Å². The highest BCUT2D eigenvalue weighted by Crippen LogP contribution is 2.41. The molecule has 1 aromatic heterocycles. The lowest BCUT2D eigenvalue weighted by molar-refractivity contribution is 0.148. The number of benzene rings is 1. The minimum atomic E-state index is -2.66. The summed E-state index contributed by atoms with van der Waals surface area (Å²) in [4.78, 5) is 0. The minimum absolute atomic E-state index is 0.320. The smallest absolute Gasteiger partial charge is 0.267 e. The maximum absolute atomic E-state index is 12.5. The number of rotatable bonds is 1. The van der Waals surface area contributed by atoms with Crippen molar-refractivity contribution in [3.05, 3.63) is 27.5 Å². The average Bonchev–Trinajstić information content (AvgIpc) is 2.59. The van der Waals surface area contributed by atoms with Crippen molar-refractivity contribution >= 4 is 37.4 Å². The van der Waals surface area contributed by atoms with Crippen molar-refractivity contribution in [1.82, 2.24) is 0 Å². The highest BCUT2D eigenvalue weighted by molar-refractivity contribution is 9.10. The Kier molecular flexibility index (Phi) is 2.45. The molecule has 0 aliphatic rings. The summed E-state index contributed by atoms with van der Waals surface area (Å²) in [7, 11) is 0. The van der Waals surface area contributed by atoms with E-state index in [-0.39, 0.29) is 11.3 Å². The van der Waals surface area contributed by atoms with E-state index in [0.717, 1.165) is 4.70 Å². The van der Waals surface area contributed by atoms with Crippen molar-refractivity contribution in [1.29, 1.82) is 0 Å². The standard InChI is InChI=1S/C9H5BrF2OS/c10-6-3-5(9(11)12)7(13)4-1-2-14-8(4)6/h1-3,9,13H. The molecule has 0 spiro atoms. The van der Waals surface area contributed by atoms with E-state index in [1.807, 2.05) is 0 Å². The van der Waals surface area contributed by atoms with Gasteiger partial charge in [0.15, 0.2) is 0 Å². The van der Waals surface area contributed by atoms with Crippen molar-refractivity contribution in [3.63, 3.8) is 0 Å². The van der Waals surface area contributed by atoms with E-state index in [9.17, 15) is 13.9 Å². The molecule has 0 bridgehead atoms. The number of phenols is 1. The molecule has 2 rings (SSSR count). The van der Waals surface area contributed by atoms with E-state index in [1.54, 1.807) is 11.4 Å². The third kappa shape index (κ3) is 1.40. The number of hydrogen-bond donors (Lipinski definition) is 1. The highest BCUT2D eigenvalue weighted by atomic mass is 79.9. The Balaban J connectivity index is 2.82. The van der Waals surface area contributed by atoms with E-state index < -0.39 is 6.43 Å². The van der Waals surface area contributed by atoms with Gasteiger partial charge in [-0.2, -0.15) is 0 Å². The summed E-state index contributed by atoms with van der Waals surface area (Å²) >= 11 is 4.59. The number of halogens is 3. The van der Waals surface area contributed by atoms with Crippen LogP contribution in [0.1, 0.15) is 12.0 Å². The maximum Gasteiger partial charge on any atom is 0.267 e. The second-order valence-corrected chi connectivity index (χ2v) is 4.53. The van der Waals surface area contributed by atoms with Gasteiger partial charge in [0, 0.05) is 9.86 Å². The highest BCUT2D eigenvalue weighted by Gasteiger charge is 2.17. The average molecular weight is 279 g/mol. The van der Waals surface area contributed by atoms with Gasteiger partial charge in [0.05, 0.1) is 10.3 Å². The molecular weight excluding hydrogens is 274 g/mol. The lowest BCUT2D eigenvalue weighted by atomic mass is 10.1. The second kappa shape index (κ2) is 3.47. The number of alkyl halides is 2. The molecule has 0 saturated carbocycles. The molecule has 0 saturated heterocycles. The molecule has 1 nitrogen and oxygen atoms in total. The van der Waals surface area contributed by atoms with Crippen LogP contribution < -0.4 is 0 Å². The van der Waals surface area contributed by atoms with Gasteiger partial charge in [-0.3, -0.25) is 0 Å². The lowest BCUT2D eigenvalue weighted by Crippen LogP contribution is -1.85. The Morgan fingerprint density at radius 2 is 2.14 bits per heavy atom. The van der Waals surface area contributed by atoms with Gasteiger partial charge < -0.3 is 5.11 Å². The fraction of sp³-hybridized carbons (Fsp3) is 0.111. The van der Waals surface area contributed by atoms with Crippen LogP contribution in [-0.4, -0.2) is 5.11 Å². The van der Waals surface area contributed by atoms with Crippen LogP contribution >= 0.6 is 27.3 Å². The van der Waals surface area contributed by atoms with Crippen molar-refractivity contribution in [2.75, 3.05) is 0 Å². The summed E-state index contributed by atoms with van der Waals surface area (Å²) in [5, 5.41) is 11.8. The molecule has 0 radical (unpaired) electrons. The lowest BCUT2D eigenvalue weighted by Gasteiger charge is -2.05. The van der Waals surface area contributed by atoms with E-state index >= 15 is 0 Å². The minimum Gasteiger partial charge on any atom is -0.507 e. The van der Waals surface area contributed by atoms with Crippen LogP contribution in [-0.2, 0) is 0 Å². The van der Waals surface area contributed by atoms with Gasteiger partial charge in [0.2, 0.25) is 0 Å². The number of hydrogen-bond acceptors (Lipinski definition) is 2. The number of fused-ring (bicyclic) bond motifs is 1. The summed E-state index contributed by atoms with van der Waals surface area (Å²) in [6.45, 7) is 0. The predicted molar refractivity (Wildman–Crippen MR) is 56.1 cm³/mol. The zero-order valence-corrected chi connectivity index (χ0v) is 9.20. The van der Waals surface area contributed by atoms with Crippen LogP contribution in [0.25, 0.3) is 10.1 Å². The fourth-order valence-corrected chi connectivity index (χ4v) is 2.82. The van der Waals surface area contributed by atoms with Gasteiger partial charge in [0.25, 0.3) is 6.43 Å². The molecule has 0 aliphatic heterocycles. The van der Waals surface area contributed by atoms with Gasteiger partial charge in [-0.05, 0) is 33.4 Å². The predicted octanol–water partition coefficient (Wildman–Crippen LogP) is 4.31. The summed E-state index contributed by atoms with van der Waals surface area (Å²) < 4.78 is 26.3. The molecule has 2 aromatic rings. The SMILES string of the molecule is Oc1c(C(F)F)cc(Br)c2sccc12. The zero-order valence-electron chi connectivity index (χ0n) is 6.80. The first-order valence-electron chi connectivity index (χ1n) is 3.78. The molecule has 0 atom stereocenters. The second-order valence-electron chi connectivity index (χ2n) is 2.76. The summed E-state index contributed by atoms with van der Waals surface area (Å²) in [5.41, 5.74) is -0.331. The van der Waals surface area contributed by atoms with E-state index in [4.69, 9.17) is 0 Å². The molecule has 14 heavy (non-hydrogen) atoms. The molecule has 0 amide bonds. The van der Waals surface area contributed by atoms with Crippen LogP contribution in [0, 0.1) is 0 Å². The first-order chi connectivity index (χ1) is 6.61. The molecule has 1 N–H and O–H groups in total. The van der Waals surface area contributed by atoms with E-state index in [2.05, 4.69) is 15.9 Å². The van der Waals surface area contributed by atoms with Gasteiger partial charge in [-0.25, -0.2) is 8.78 Å². The Morgan fingerprint density at radius 3 is 2.79 bits per heavy atom. The van der Waals surface area contributed by atoms with Gasteiger partial charge in [-0.15, -0.1) is 11.3 Å². The molecule has 0 aliphatic carbocycles. The Hall–Kier alpha value is -0.680. The van der Waals surface area contributed by atoms with Gasteiger partial charge in [-0.1, -0.05) is 0 Å². The number of aromatic hydroxyl groups is 1. The largest absolute Gasteiger partial charge is 0.507 e. The maximum atomic E-state index is 12.5. The van der Waals surface area contributed by atoms with Crippen LogP contribution in [0.15, 0.2) is 22.0 Å². The van der Waals surface area contributed by atoms with Gasteiger partial charge >= 0.3 is 0 Å². The van der Waals surface area contributed by atoms with Crippen LogP contribution in [0.4, 0.5) is 8.78 Å². The third-order valence-electron chi connectivity index (χ3n) is 1.93. The zero-order chi connectivity index (χ0) is 10.3. The molecular formula is C9H5BrF2OS. The molecule has 1 aromatic carbocycles. The van der Waals surface area contributed by atoms with Crippen LogP contribution in [0.3, 0.4) is 0 Å². The van der Waals surface area contributed by atoms with Crippen molar-refractivity contribution in [2.45, 2.75) is 6.43 Å². The fourth-order valence-electron chi connectivity index (χ4n) is 1.27. The van der Waals surface area contributed by atoms with Gasteiger partial charge in [0.1, 0.15) is 5.75 Å². The van der Waals surface area contributed by atoms with Crippen molar-refractivity contribution in [2.24, 2.45) is 0 Å². The molecule has 5 heteroatoms. The molecule has 74 valence electrons. The summed E-state index contributed by atoms with van der Waals surface area (Å²) in [6.07, 6.45) is -2.66. The third-order valence-corrected chi connectivity index (χ3v) is 3.76. The number of thiophene rings is 1.